The summed E-state index contributed by atoms with van der Waals surface area (Å²) in [6.07, 6.45) is 3.62. The van der Waals surface area contributed by atoms with E-state index in [2.05, 4.69) is 22.9 Å². The molecule has 0 aromatic heterocycles. The van der Waals surface area contributed by atoms with Crippen LogP contribution in [-0.4, -0.2) is 46.5 Å². The molecule has 0 unspecified atom stereocenters. The second-order valence-electron chi connectivity index (χ2n) is 6.38. The van der Waals surface area contributed by atoms with Crippen molar-refractivity contribution in [1.82, 2.24) is 9.80 Å². The Bertz CT molecular complexity index is 724. The quantitative estimate of drug-likeness (QED) is 0.695. The number of carbonyl (C=O) groups excluding carboxylic acids is 3. The van der Waals surface area contributed by atoms with Crippen molar-refractivity contribution in [3.8, 4) is 0 Å². The maximum atomic E-state index is 12.5. The van der Waals surface area contributed by atoms with E-state index in [0.717, 1.165) is 39.5 Å². The predicted molar refractivity (Wildman–Crippen MR) is 102 cm³/mol. The number of rotatable bonds is 3. The van der Waals surface area contributed by atoms with Crippen molar-refractivity contribution < 1.29 is 14.4 Å². The van der Waals surface area contributed by atoms with Crippen molar-refractivity contribution in [2.24, 2.45) is 5.92 Å². The molecule has 5 nitrogen and oxygen atoms in total. The van der Waals surface area contributed by atoms with E-state index in [-0.39, 0.29) is 17.7 Å². The number of hydrogen-bond acceptors (Lipinski definition) is 4. The zero-order valence-corrected chi connectivity index (χ0v) is 16.3. The van der Waals surface area contributed by atoms with Crippen LogP contribution in [0.2, 0.25) is 0 Å². The normalized spacial score (nSPS) is 20.6. The lowest BCUT2D eigenvalue weighted by atomic mass is 9.99. The van der Waals surface area contributed by atoms with Gasteiger partial charge in [0.05, 0.1) is 4.91 Å². The number of imide groups is 1. The third-order valence-corrected chi connectivity index (χ3v) is 5.91. The SMILES string of the molecule is CC1CCN(C(=O)CN2C(=O)S/C(=C/c3ccc(Br)cc3)C2=O)CC1. The molecule has 0 spiro atoms. The molecule has 0 radical (unpaired) electrons. The van der Waals surface area contributed by atoms with Gasteiger partial charge in [0.25, 0.3) is 11.1 Å². The molecule has 3 rings (SSSR count). The van der Waals surface area contributed by atoms with Gasteiger partial charge >= 0.3 is 0 Å². The van der Waals surface area contributed by atoms with E-state index in [4.69, 9.17) is 0 Å². The molecule has 7 heteroatoms. The van der Waals surface area contributed by atoms with Crippen molar-refractivity contribution in [2.45, 2.75) is 19.8 Å². The molecular formula is C18H19BrN2O3S. The number of likely N-dealkylation sites (tertiary alicyclic amines) is 1. The minimum absolute atomic E-state index is 0.154. The molecular weight excluding hydrogens is 404 g/mol. The Morgan fingerprint density at radius 2 is 1.88 bits per heavy atom. The Morgan fingerprint density at radius 1 is 1.24 bits per heavy atom. The number of nitrogens with zero attached hydrogens (tertiary/aromatic N) is 2. The van der Waals surface area contributed by atoms with Crippen LogP contribution < -0.4 is 0 Å². The summed E-state index contributed by atoms with van der Waals surface area (Å²) >= 11 is 4.25. The van der Waals surface area contributed by atoms with E-state index in [1.54, 1.807) is 11.0 Å². The molecule has 3 amide bonds. The fourth-order valence-electron chi connectivity index (χ4n) is 2.84. The van der Waals surface area contributed by atoms with Gasteiger partial charge in [-0.2, -0.15) is 0 Å². The van der Waals surface area contributed by atoms with Gasteiger partial charge < -0.3 is 4.90 Å². The standard InChI is InChI=1S/C18H19BrN2O3S/c1-12-6-8-20(9-7-12)16(22)11-21-17(23)15(25-18(21)24)10-13-2-4-14(19)5-3-13/h2-5,10,12H,6-9,11H2,1H3/b15-10+. The minimum atomic E-state index is -0.392. The topological polar surface area (TPSA) is 57.7 Å². The van der Waals surface area contributed by atoms with E-state index < -0.39 is 5.91 Å². The van der Waals surface area contributed by atoms with Gasteiger partial charge in [0.2, 0.25) is 5.91 Å². The molecule has 2 aliphatic rings. The second kappa shape index (κ2) is 7.74. The molecule has 0 bridgehead atoms. The Labute approximate surface area is 159 Å². The molecule has 2 fully saturated rings. The summed E-state index contributed by atoms with van der Waals surface area (Å²) in [5.41, 5.74) is 0.838. The second-order valence-corrected chi connectivity index (χ2v) is 8.29. The van der Waals surface area contributed by atoms with Crippen LogP contribution in [0, 0.1) is 5.92 Å². The van der Waals surface area contributed by atoms with Crippen LogP contribution in [0.4, 0.5) is 4.79 Å². The van der Waals surface area contributed by atoms with Gasteiger partial charge in [-0.15, -0.1) is 0 Å². The first-order valence-corrected chi connectivity index (χ1v) is 9.83. The average Bonchev–Trinajstić information content (AvgIpc) is 2.85. The highest BCUT2D eigenvalue weighted by molar-refractivity contribution is 9.10. The third kappa shape index (κ3) is 4.33. The van der Waals surface area contributed by atoms with E-state index in [1.165, 1.54) is 0 Å². The first-order valence-electron chi connectivity index (χ1n) is 8.23. The van der Waals surface area contributed by atoms with Gasteiger partial charge in [0.15, 0.2) is 0 Å². The Balaban J connectivity index is 1.67. The fourth-order valence-corrected chi connectivity index (χ4v) is 3.94. The highest BCUT2D eigenvalue weighted by Gasteiger charge is 2.37. The van der Waals surface area contributed by atoms with Crippen molar-refractivity contribution in [3.63, 3.8) is 0 Å². The minimum Gasteiger partial charge on any atom is -0.341 e. The summed E-state index contributed by atoms with van der Waals surface area (Å²) in [6.45, 7) is 3.40. The number of piperidine rings is 1. The molecule has 1 aromatic rings. The molecule has 2 saturated heterocycles. The Morgan fingerprint density at radius 3 is 2.52 bits per heavy atom. The van der Waals surface area contributed by atoms with Crippen LogP contribution in [0.1, 0.15) is 25.3 Å². The molecule has 0 N–H and O–H groups in total. The first-order chi connectivity index (χ1) is 11.9. The summed E-state index contributed by atoms with van der Waals surface area (Å²) in [5, 5.41) is -0.382. The number of halogens is 1. The Hall–Kier alpha value is -1.60. The number of thioether (sulfide) groups is 1. The molecule has 0 aliphatic carbocycles. The van der Waals surface area contributed by atoms with Gasteiger partial charge in [-0.05, 0) is 54.3 Å². The van der Waals surface area contributed by atoms with E-state index in [9.17, 15) is 14.4 Å². The lowest BCUT2D eigenvalue weighted by Crippen LogP contribution is -2.45. The number of benzene rings is 1. The van der Waals surface area contributed by atoms with Gasteiger partial charge in [-0.3, -0.25) is 19.3 Å². The van der Waals surface area contributed by atoms with Gasteiger partial charge in [0, 0.05) is 17.6 Å². The summed E-state index contributed by atoms with van der Waals surface area (Å²) < 4.78 is 0.944. The lowest BCUT2D eigenvalue weighted by molar-refractivity contribution is -0.136. The molecule has 132 valence electrons. The molecule has 25 heavy (non-hydrogen) atoms. The van der Waals surface area contributed by atoms with E-state index in [1.807, 2.05) is 24.3 Å². The summed E-state index contributed by atoms with van der Waals surface area (Å²) in [6, 6.07) is 7.46. The maximum Gasteiger partial charge on any atom is 0.294 e. The van der Waals surface area contributed by atoms with Crippen LogP contribution >= 0.6 is 27.7 Å². The van der Waals surface area contributed by atoms with Gasteiger partial charge in [-0.1, -0.05) is 35.0 Å². The summed E-state index contributed by atoms with van der Waals surface area (Å²) in [7, 11) is 0. The average molecular weight is 423 g/mol. The monoisotopic (exact) mass is 422 g/mol. The summed E-state index contributed by atoms with van der Waals surface area (Å²) in [4.78, 5) is 40.2. The van der Waals surface area contributed by atoms with Crippen molar-refractivity contribution >= 4 is 50.8 Å². The highest BCUT2D eigenvalue weighted by atomic mass is 79.9. The van der Waals surface area contributed by atoms with Crippen LogP contribution in [0.5, 0.6) is 0 Å². The fraction of sp³-hybridized carbons (Fsp3) is 0.389. The smallest absolute Gasteiger partial charge is 0.294 e. The number of amides is 3. The largest absolute Gasteiger partial charge is 0.341 e. The predicted octanol–water partition coefficient (Wildman–Crippen LogP) is 3.74. The molecule has 0 saturated carbocycles. The molecule has 0 atom stereocenters. The zero-order valence-electron chi connectivity index (χ0n) is 13.9. The van der Waals surface area contributed by atoms with Gasteiger partial charge in [-0.25, -0.2) is 0 Å². The number of carbonyl (C=O) groups is 3. The third-order valence-electron chi connectivity index (χ3n) is 4.47. The van der Waals surface area contributed by atoms with Crippen molar-refractivity contribution in [3.05, 3.63) is 39.2 Å². The van der Waals surface area contributed by atoms with Crippen LogP contribution in [0.15, 0.2) is 33.6 Å². The maximum absolute atomic E-state index is 12.5. The Kier molecular flexibility index (Phi) is 5.64. The zero-order chi connectivity index (χ0) is 18.0. The number of hydrogen-bond donors (Lipinski definition) is 0. The lowest BCUT2D eigenvalue weighted by Gasteiger charge is -2.31. The summed E-state index contributed by atoms with van der Waals surface area (Å²) in [5.74, 6) is 0.0749. The highest BCUT2D eigenvalue weighted by Crippen LogP contribution is 2.32. The van der Waals surface area contributed by atoms with E-state index >= 15 is 0 Å². The van der Waals surface area contributed by atoms with Crippen LogP contribution in [-0.2, 0) is 9.59 Å². The molecule has 2 heterocycles. The van der Waals surface area contributed by atoms with Crippen molar-refractivity contribution in [1.29, 1.82) is 0 Å². The van der Waals surface area contributed by atoms with E-state index in [0.29, 0.717) is 23.9 Å². The molecule has 1 aromatic carbocycles. The van der Waals surface area contributed by atoms with Crippen LogP contribution in [0.3, 0.4) is 0 Å². The molecule has 2 aliphatic heterocycles. The van der Waals surface area contributed by atoms with Crippen molar-refractivity contribution in [2.75, 3.05) is 19.6 Å². The van der Waals surface area contributed by atoms with Gasteiger partial charge in [0.1, 0.15) is 6.54 Å². The van der Waals surface area contributed by atoms with Crippen LogP contribution in [0.25, 0.3) is 6.08 Å². The first kappa shape index (κ1) is 18.2.